The summed E-state index contributed by atoms with van der Waals surface area (Å²) in [5, 5.41) is 0.382. The fraction of sp³-hybridized carbons (Fsp3) is 0.412. The van der Waals surface area contributed by atoms with Gasteiger partial charge in [0.15, 0.2) is 0 Å². The number of likely N-dealkylation sites (tertiary alicyclic amines) is 1. The van der Waals surface area contributed by atoms with Gasteiger partial charge in [-0.25, -0.2) is 4.57 Å². The lowest BCUT2D eigenvalue weighted by Crippen LogP contribution is -2.38. The number of halogens is 2. The van der Waals surface area contributed by atoms with Crippen molar-refractivity contribution < 1.29 is 32.4 Å². The van der Waals surface area contributed by atoms with Crippen LogP contribution < -0.4 is 4.52 Å². The minimum absolute atomic E-state index is 0.119. The highest BCUT2D eigenvalue weighted by atomic mass is 31.2. The zero-order chi connectivity index (χ0) is 19.7. The lowest BCUT2D eigenvalue weighted by atomic mass is 10.0. The smallest absolute Gasteiger partial charge is 0.404 e. The maximum Gasteiger partial charge on any atom is 0.524 e. The number of benzene rings is 2. The van der Waals surface area contributed by atoms with Crippen molar-refractivity contribution >= 4 is 28.8 Å². The molecule has 2 aromatic rings. The van der Waals surface area contributed by atoms with Crippen LogP contribution in [0.3, 0.4) is 0 Å². The molecule has 1 saturated heterocycles. The Balaban J connectivity index is 1.77. The average molecular weight is 414 g/mol. The number of rotatable bonds is 7. The van der Waals surface area contributed by atoms with Gasteiger partial charge < -0.3 is 14.2 Å². The van der Waals surface area contributed by atoms with Crippen LogP contribution in [0.5, 0.6) is 5.75 Å². The summed E-state index contributed by atoms with van der Waals surface area (Å²) in [6.45, 7) is -1.33. The highest BCUT2D eigenvalue weighted by Gasteiger charge is 2.36. The molecule has 10 heteroatoms. The minimum Gasteiger partial charge on any atom is -0.404 e. The number of phosphoric ester groups is 1. The number of phosphoric acid groups is 1. The van der Waals surface area contributed by atoms with Crippen LogP contribution in [-0.4, -0.2) is 56.4 Å². The van der Waals surface area contributed by atoms with Gasteiger partial charge in [-0.2, -0.15) is 8.78 Å². The summed E-state index contributed by atoms with van der Waals surface area (Å²) in [5.41, 5.74) is 0.859. The fourth-order valence-corrected chi connectivity index (χ4v) is 4.22. The van der Waals surface area contributed by atoms with Gasteiger partial charge in [0.05, 0.1) is 15.5 Å². The van der Waals surface area contributed by atoms with Crippen molar-refractivity contribution in [2.75, 3.05) is 19.6 Å². The van der Waals surface area contributed by atoms with Crippen LogP contribution >= 0.6 is 7.82 Å². The number of hydrogen-bond donors (Lipinski definition) is 2. The van der Waals surface area contributed by atoms with Gasteiger partial charge in [-0.15, -0.1) is 0 Å². The zero-order valence-corrected chi connectivity index (χ0v) is 16.2. The molecule has 0 amide bonds. The highest BCUT2D eigenvalue weighted by molar-refractivity contribution is 7.46. The third-order valence-electron chi connectivity index (χ3n) is 4.49. The molecule has 1 fully saturated rings. The number of fused-ring (bicyclic) bond motifs is 1. The van der Waals surface area contributed by atoms with Crippen molar-refractivity contribution in [1.29, 1.82) is 0 Å². The van der Waals surface area contributed by atoms with Crippen LogP contribution in [0.4, 0.5) is 8.78 Å². The third kappa shape index (κ3) is 5.34. The SMILES string of the molecule is O=P(O)(O)Oc1cccc2cccc(CCN3CC[C@]([Si])(OC(F)F)C3)c12. The molecule has 6 nitrogen and oxygen atoms in total. The Labute approximate surface area is 158 Å². The normalized spacial score (nSPS) is 21.3. The van der Waals surface area contributed by atoms with Crippen LogP contribution in [0.1, 0.15) is 12.0 Å². The van der Waals surface area contributed by atoms with E-state index in [1.807, 2.05) is 29.2 Å². The lowest BCUT2D eigenvalue weighted by molar-refractivity contribution is -0.174. The molecule has 0 unspecified atom stereocenters. The van der Waals surface area contributed by atoms with E-state index in [1.165, 1.54) is 6.07 Å². The average Bonchev–Trinajstić information content (AvgIpc) is 2.91. The van der Waals surface area contributed by atoms with Gasteiger partial charge >= 0.3 is 14.4 Å². The van der Waals surface area contributed by atoms with E-state index >= 15 is 0 Å². The molecule has 0 aromatic heterocycles. The van der Waals surface area contributed by atoms with E-state index in [0.717, 1.165) is 10.9 Å². The molecule has 2 N–H and O–H groups in total. The lowest BCUT2D eigenvalue weighted by Gasteiger charge is -2.24. The predicted octanol–water partition coefficient (Wildman–Crippen LogP) is 2.66. The zero-order valence-electron chi connectivity index (χ0n) is 14.3. The maximum absolute atomic E-state index is 12.5. The van der Waals surface area contributed by atoms with E-state index in [-0.39, 0.29) is 5.75 Å². The highest BCUT2D eigenvalue weighted by Crippen LogP contribution is 2.41. The second kappa shape index (κ2) is 7.95. The standard InChI is InChI=1S/C17H19F2NO5PSi/c18-16(19)24-17(27)8-10-20(11-17)9-7-13-4-1-3-12-5-2-6-14(15(12)13)25-26(21,22)23/h1-6,16H,7-11H2,(H2,21,22,23)/t17-/m1/s1. The topological polar surface area (TPSA) is 79.2 Å². The molecule has 0 aliphatic carbocycles. The molecule has 1 aliphatic rings. The fourth-order valence-electron chi connectivity index (χ4n) is 3.39. The molecule has 2 aromatic carbocycles. The summed E-state index contributed by atoms with van der Waals surface area (Å²) in [6, 6.07) is 10.6. The summed E-state index contributed by atoms with van der Waals surface area (Å²) in [5.74, 6) is 0.119. The van der Waals surface area contributed by atoms with E-state index in [9.17, 15) is 13.3 Å². The van der Waals surface area contributed by atoms with Gasteiger partial charge in [0.1, 0.15) is 5.75 Å². The van der Waals surface area contributed by atoms with Crippen molar-refractivity contribution in [1.82, 2.24) is 4.90 Å². The van der Waals surface area contributed by atoms with E-state index in [4.69, 9.17) is 14.3 Å². The first kappa shape index (κ1) is 20.4. The van der Waals surface area contributed by atoms with Gasteiger partial charge in [-0.3, -0.25) is 9.79 Å². The van der Waals surface area contributed by atoms with Crippen LogP contribution in [0.25, 0.3) is 10.8 Å². The summed E-state index contributed by atoms with van der Waals surface area (Å²) >= 11 is 0. The summed E-state index contributed by atoms with van der Waals surface area (Å²) in [7, 11) is -1.38. The second-order valence-electron chi connectivity index (χ2n) is 6.50. The molecule has 1 aliphatic heterocycles. The van der Waals surface area contributed by atoms with Crippen molar-refractivity contribution in [2.24, 2.45) is 0 Å². The number of alkyl halides is 2. The Morgan fingerprint density at radius 1 is 1.26 bits per heavy atom. The van der Waals surface area contributed by atoms with Crippen molar-refractivity contribution in [2.45, 2.75) is 24.7 Å². The quantitative estimate of drug-likeness (QED) is 0.536. The first-order valence-electron chi connectivity index (χ1n) is 8.34. The van der Waals surface area contributed by atoms with E-state index in [0.29, 0.717) is 37.9 Å². The molecule has 0 bridgehead atoms. The Hall–Kier alpha value is -1.35. The Bertz CT molecular complexity index is 859. The van der Waals surface area contributed by atoms with Crippen LogP contribution in [-0.2, 0) is 15.7 Å². The third-order valence-corrected chi connectivity index (χ3v) is 5.45. The van der Waals surface area contributed by atoms with Gasteiger partial charge in [-0.1, -0.05) is 30.3 Å². The molecule has 0 spiro atoms. The van der Waals surface area contributed by atoms with E-state index < -0.39 is 19.7 Å². The van der Waals surface area contributed by atoms with E-state index in [1.54, 1.807) is 6.07 Å². The molecular formula is C17H19F2NO5PSi. The van der Waals surface area contributed by atoms with Crippen molar-refractivity contribution in [3.05, 3.63) is 42.0 Å². The molecule has 3 radical (unpaired) electrons. The van der Waals surface area contributed by atoms with Gasteiger partial charge in [0, 0.05) is 25.0 Å². The summed E-state index contributed by atoms with van der Waals surface area (Å²) in [4.78, 5) is 20.3. The first-order chi connectivity index (χ1) is 12.7. The Kier molecular flexibility index (Phi) is 6.00. The monoisotopic (exact) mass is 414 g/mol. The number of nitrogens with zero attached hydrogens (tertiary/aromatic N) is 1. The Morgan fingerprint density at radius 2 is 1.96 bits per heavy atom. The molecule has 27 heavy (non-hydrogen) atoms. The summed E-state index contributed by atoms with van der Waals surface area (Å²) < 4.78 is 45.8. The van der Waals surface area contributed by atoms with Crippen molar-refractivity contribution in [3.63, 3.8) is 0 Å². The largest absolute Gasteiger partial charge is 0.524 e. The molecule has 3 rings (SSSR count). The van der Waals surface area contributed by atoms with Gasteiger partial charge in [0.25, 0.3) is 0 Å². The molecule has 145 valence electrons. The first-order valence-corrected chi connectivity index (χ1v) is 10.4. The molecule has 0 saturated carbocycles. The maximum atomic E-state index is 12.5. The number of ether oxygens (including phenoxy) is 1. The minimum atomic E-state index is -4.69. The molecule has 1 atom stereocenters. The second-order valence-corrected chi connectivity index (χ2v) is 8.58. The van der Waals surface area contributed by atoms with E-state index in [2.05, 4.69) is 15.0 Å². The van der Waals surface area contributed by atoms with Crippen molar-refractivity contribution in [3.8, 4) is 5.75 Å². The van der Waals surface area contributed by atoms with Crippen LogP contribution in [0.15, 0.2) is 36.4 Å². The Morgan fingerprint density at radius 3 is 2.63 bits per heavy atom. The predicted molar refractivity (Wildman–Crippen MR) is 97.0 cm³/mol. The van der Waals surface area contributed by atoms with Crippen LogP contribution in [0, 0.1) is 0 Å². The summed E-state index contributed by atoms with van der Waals surface area (Å²) in [6.07, 6.45) is 1.01. The molecule has 1 heterocycles. The van der Waals surface area contributed by atoms with Gasteiger partial charge in [0.2, 0.25) is 0 Å². The number of hydrogen-bond acceptors (Lipinski definition) is 4. The van der Waals surface area contributed by atoms with Crippen LogP contribution in [0.2, 0.25) is 0 Å². The molecular weight excluding hydrogens is 395 g/mol. The van der Waals surface area contributed by atoms with Gasteiger partial charge in [-0.05, 0) is 29.9 Å².